The molecule has 0 unspecified atom stereocenters. The molecule has 1 saturated heterocycles. The Bertz CT molecular complexity index is 432. The molecule has 0 atom stereocenters. The zero-order valence-electron chi connectivity index (χ0n) is 10.4. The van der Waals surface area contributed by atoms with Crippen molar-refractivity contribution in [3.8, 4) is 0 Å². The van der Waals surface area contributed by atoms with Crippen LogP contribution in [0.1, 0.15) is 27.7 Å². The van der Waals surface area contributed by atoms with Crippen LogP contribution in [-0.4, -0.2) is 18.3 Å². The maximum Gasteiger partial charge on any atom is 0.496 e. The topological polar surface area (TPSA) is 18.5 Å². The Morgan fingerprint density at radius 1 is 1.12 bits per heavy atom. The third-order valence-electron chi connectivity index (χ3n) is 3.49. The summed E-state index contributed by atoms with van der Waals surface area (Å²) in [5.41, 5.74) is 0.259. The normalized spacial score (nSPS) is 21.9. The lowest BCUT2D eigenvalue weighted by Gasteiger charge is -2.32. The molecule has 1 aliphatic rings. The summed E-state index contributed by atoms with van der Waals surface area (Å²) in [4.78, 5) is 0. The highest BCUT2D eigenvalue weighted by atomic mass is 79.9. The first-order valence-corrected chi connectivity index (χ1v) is 6.71. The van der Waals surface area contributed by atoms with E-state index in [1.54, 1.807) is 0 Å². The van der Waals surface area contributed by atoms with Gasteiger partial charge in [0, 0.05) is 4.47 Å². The van der Waals surface area contributed by atoms with E-state index in [-0.39, 0.29) is 18.3 Å². The summed E-state index contributed by atoms with van der Waals surface area (Å²) in [6, 6.07) is 5.69. The molecule has 0 saturated carbocycles. The lowest BCUT2D eigenvalue weighted by atomic mass is 9.79. The number of benzene rings is 1. The summed E-state index contributed by atoms with van der Waals surface area (Å²) >= 11 is 9.55. The van der Waals surface area contributed by atoms with Gasteiger partial charge in [-0.1, -0.05) is 23.7 Å². The molecule has 0 N–H and O–H groups in total. The third-order valence-corrected chi connectivity index (χ3v) is 4.92. The third kappa shape index (κ3) is 2.28. The van der Waals surface area contributed by atoms with Crippen molar-refractivity contribution in [1.29, 1.82) is 0 Å². The molecule has 0 bridgehead atoms. The van der Waals surface area contributed by atoms with Gasteiger partial charge in [0.05, 0.1) is 16.2 Å². The Kier molecular flexibility index (Phi) is 3.37. The zero-order chi connectivity index (χ0) is 12.8. The average Bonchev–Trinajstić information content (AvgIpc) is 2.40. The molecule has 0 aromatic heterocycles. The highest BCUT2D eigenvalue weighted by Crippen LogP contribution is 2.37. The number of rotatable bonds is 1. The van der Waals surface area contributed by atoms with E-state index in [0.717, 1.165) is 9.94 Å². The predicted octanol–water partition coefficient (Wildman–Crippen LogP) is 3.40. The fraction of sp³-hybridized carbons (Fsp3) is 0.500. The van der Waals surface area contributed by atoms with Gasteiger partial charge in [-0.2, -0.15) is 0 Å². The largest absolute Gasteiger partial charge is 0.496 e. The molecule has 1 aromatic carbocycles. The summed E-state index contributed by atoms with van der Waals surface area (Å²) < 4.78 is 12.8. The van der Waals surface area contributed by atoms with E-state index in [2.05, 4.69) is 15.9 Å². The van der Waals surface area contributed by atoms with Gasteiger partial charge in [-0.25, -0.2) is 0 Å². The van der Waals surface area contributed by atoms with Crippen molar-refractivity contribution in [2.75, 3.05) is 0 Å². The van der Waals surface area contributed by atoms with Crippen molar-refractivity contribution in [2.45, 2.75) is 38.9 Å². The minimum Gasteiger partial charge on any atom is -0.399 e. The lowest BCUT2D eigenvalue weighted by molar-refractivity contribution is 0.00578. The molecule has 1 fully saturated rings. The first kappa shape index (κ1) is 13.4. The van der Waals surface area contributed by atoms with Crippen LogP contribution in [0, 0.1) is 0 Å². The summed E-state index contributed by atoms with van der Waals surface area (Å²) in [5, 5.41) is 0.664. The summed E-state index contributed by atoms with van der Waals surface area (Å²) in [6.45, 7) is 8.13. The van der Waals surface area contributed by atoms with E-state index < -0.39 is 0 Å². The second-order valence-electron chi connectivity index (χ2n) is 5.23. The van der Waals surface area contributed by atoms with Gasteiger partial charge in [-0.15, -0.1) is 0 Å². The molecule has 1 aromatic rings. The van der Waals surface area contributed by atoms with Crippen molar-refractivity contribution in [1.82, 2.24) is 0 Å². The van der Waals surface area contributed by atoms with E-state index in [0.29, 0.717) is 5.02 Å². The first-order chi connectivity index (χ1) is 7.74. The molecule has 5 heteroatoms. The SMILES string of the molecule is CC1(C)OB(c2cccc(Cl)c2Br)OC1(C)C. The molecule has 1 aliphatic heterocycles. The van der Waals surface area contributed by atoms with Crippen molar-refractivity contribution in [3.63, 3.8) is 0 Å². The fourth-order valence-electron chi connectivity index (χ4n) is 1.67. The van der Waals surface area contributed by atoms with Gasteiger partial charge in [-0.05, 0) is 55.2 Å². The smallest absolute Gasteiger partial charge is 0.399 e. The number of hydrogen-bond donors (Lipinski definition) is 0. The zero-order valence-corrected chi connectivity index (χ0v) is 12.7. The van der Waals surface area contributed by atoms with Gasteiger partial charge in [0.15, 0.2) is 0 Å². The summed E-state index contributed by atoms with van der Waals surface area (Å²) in [5.74, 6) is 0. The van der Waals surface area contributed by atoms with Crippen LogP contribution in [0.3, 0.4) is 0 Å². The van der Waals surface area contributed by atoms with Crippen LogP contribution in [0.4, 0.5) is 0 Å². The summed E-state index contributed by atoms with van der Waals surface area (Å²) in [6.07, 6.45) is 0. The molecule has 0 spiro atoms. The maximum atomic E-state index is 6.08. The van der Waals surface area contributed by atoms with Crippen LogP contribution < -0.4 is 5.46 Å². The van der Waals surface area contributed by atoms with Gasteiger partial charge in [0.25, 0.3) is 0 Å². The Balaban J connectivity index is 2.36. The minimum atomic E-state index is -0.381. The Morgan fingerprint density at radius 3 is 2.18 bits per heavy atom. The van der Waals surface area contributed by atoms with E-state index >= 15 is 0 Å². The number of halogens is 2. The molecule has 92 valence electrons. The van der Waals surface area contributed by atoms with Gasteiger partial charge >= 0.3 is 7.12 Å². The molecule has 2 rings (SSSR count). The van der Waals surface area contributed by atoms with Crippen LogP contribution in [0.15, 0.2) is 22.7 Å². The van der Waals surface area contributed by atoms with Gasteiger partial charge in [-0.3, -0.25) is 0 Å². The molecule has 0 amide bonds. The average molecular weight is 317 g/mol. The van der Waals surface area contributed by atoms with Crippen molar-refractivity contribution < 1.29 is 9.31 Å². The van der Waals surface area contributed by atoms with Crippen molar-refractivity contribution in [2.24, 2.45) is 0 Å². The van der Waals surface area contributed by atoms with Crippen molar-refractivity contribution in [3.05, 3.63) is 27.7 Å². The summed E-state index contributed by atoms with van der Waals surface area (Å²) in [7, 11) is -0.381. The second kappa shape index (κ2) is 4.27. The van der Waals surface area contributed by atoms with Gasteiger partial charge in [0.1, 0.15) is 0 Å². The highest BCUT2D eigenvalue weighted by molar-refractivity contribution is 9.10. The lowest BCUT2D eigenvalue weighted by Crippen LogP contribution is -2.41. The Morgan fingerprint density at radius 2 is 1.65 bits per heavy atom. The van der Waals surface area contributed by atoms with E-state index in [1.807, 2.05) is 45.9 Å². The maximum absolute atomic E-state index is 6.08. The molecule has 0 radical (unpaired) electrons. The van der Waals surface area contributed by atoms with Gasteiger partial charge in [0.2, 0.25) is 0 Å². The monoisotopic (exact) mass is 316 g/mol. The molecule has 17 heavy (non-hydrogen) atoms. The van der Waals surface area contributed by atoms with Crippen LogP contribution in [0.2, 0.25) is 5.02 Å². The van der Waals surface area contributed by atoms with Crippen LogP contribution >= 0.6 is 27.5 Å². The number of hydrogen-bond acceptors (Lipinski definition) is 2. The van der Waals surface area contributed by atoms with E-state index in [1.165, 1.54) is 0 Å². The molecular weight excluding hydrogens is 302 g/mol. The molecule has 0 aliphatic carbocycles. The standard InChI is InChI=1S/C12H15BBrClO2/c1-11(2)12(3,4)17-13(16-11)8-6-5-7-9(15)10(8)14/h5-7H,1-4H3. The van der Waals surface area contributed by atoms with Crippen LogP contribution in [0.5, 0.6) is 0 Å². The molecule has 2 nitrogen and oxygen atoms in total. The molecular formula is C12H15BBrClO2. The molecule has 1 heterocycles. The van der Waals surface area contributed by atoms with Crippen LogP contribution in [-0.2, 0) is 9.31 Å². The first-order valence-electron chi connectivity index (χ1n) is 5.54. The second-order valence-corrected chi connectivity index (χ2v) is 6.43. The Labute approximate surface area is 116 Å². The minimum absolute atomic E-state index is 0.334. The highest BCUT2D eigenvalue weighted by Gasteiger charge is 2.52. The quantitative estimate of drug-likeness (QED) is 0.739. The van der Waals surface area contributed by atoms with Crippen molar-refractivity contribution >= 4 is 40.1 Å². The van der Waals surface area contributed by atoms with Gasteiger partial charge < -0.3 is 9.31 Å². The van der Waals surface area contributed by atoms with E-state index in [9.17, 15) is 0 Å². The van der Waals surface area contributed by atoms with E-state index in [4.69, 9.17) is 20.9 Å². The predicted molar refractivity (Wildman–Crippen MR) is 74.9 cm³/mol. The van der Waals surface area contributed by atoms with Crippen LogP contribution in [0.25, 0.3) is 0 Å². The Hall–Kier alpha value is -0.0251. The fourth-order valence-corrected chi connectivity index (χ4v) is 2.31.